The molecule has 28 heavy (non-hydrogen) atoms. The Kier molecular flexibility index (Phi) is 5.42. The van der Waals surface area contributed by atoms with Gasteiger partial charge in [0.25, 0.3) is 5.91 Å². The van der Waals surface area contributed by atoms with Crippen molar-refractivity contribution in [2.75, 3.05) is 26.2 Å². The topological polar surface area (TPSA) is 88.7 Å². The Morgan fingerprint density at radius 1 is 1.18 bits per heavy atom. The zero-order valence-electron chi connectivity index (χ0n) is 17.0. The number of carbonyl (C=O) groups excluding carboxylic acids is 1. The van der Waals surface area contributed by atoms with Crippen molar-refractivity contribution in [3.05, 3.63) is 36.0 Å². The first-order chi connectivity index (χ1) is 13.0. The molecule has 0 N–H and O–H groups in total. The third-order valence-electron chi connectivity index (χ3n) is 4.81. The van der Waals surface area contributed by atoms with Gasteiger partial charge >= 0.3 is 0 Å². The molecule has 0 radical (unpaired) electrons. The maximum atomic E-state index is 13.3. The second kappa shape index (κ2) is 7.36. The molecule has 0 atom stereocenters. The van der Waals surface area contributed by atoms with Crippen molar-refractivity contribution in [1.82, 2.24) is 19.0 Å². The van der Waals surface area contributed by atoms with Gasteiger partial charge in [0.15, 0.2) is 5.76 Å². The molecule has 0 bridgehead atoms. The van der Waals surface area contributed by atoms with Gasteiger partial charge in [0.2, 0.25) is 10.0 Å². The highest BCUT2D eigenvalue weighted by molar-refractivity contribution is 7.89. The summed E-state index contributed by atoms with van der Waals surface area (Å²) in [4.78, 5) is 14.3. The van der Waals surface area contributed by atoms with Gasteiger partial charge < -0.3 is 9.32 Å². The van der Waals surface area contributed by atoms with E-state index in [1.54, 1.807) is 27.9 Å². The molecule has 1 fully saturated rings. The average Bonchev–Trinajstić information content (AvgIpc) is 3.30. The SMILES string of the molecule is CC(C)n1cc(S(=O)(=O)N2CCN(C(=O)c3ccco3)CC2)c(C(C)(C)C)n1. The molecule has 9 heteroatoms. The quantitative estimate of drug-likeness (QED) is 0.775. The molecule has 3 rings (SSSR count). The van der Waals surface area contributed by atoms with E-state index in [0.717, 1.165) is 0 Å². The van der Waals surface area contributed by atoms with Crippen LogP contribution in [0, 0.1) is 0 Å². The van der Waals surface area contributed by atoms with Gasteiger partial charge in [-0.15, -0.1) is 0 Å². The summed E-state index contributed by atoms with van der Waals surface area (Å²) >= 11 is 0. The second-order valence-electron chi connectivity index (χ2n) is 8.34. The van der Waals surface area contributed by atoms with Crippen LogP contribution in [0.3, 0.4) is 0 Å². The number of amides is 1. The van der Waals surface area contributed by atoms with E-state index >= 15 is 0 Å². The van der Waals surface area contributed by atoms with E-state index < -0.39 is 15.4 Å². The van der Waals surface area contributed by atoms with Crippen LogP contribution in [0.25, 0.3) is 0 Å². The van der Waals surface area contributed by atoms with Crippen LogP contribution < -0.4 is 0 Å². The Hall–Kier alpha value is -2.13. The largest absolute Gasteiger partial charge is 0.459 e. The summed E-state index contributed by atoms with van der Waals surface area (Å²) in [7, 11) is -3.70. The number of furan rings is 1. The molecule has 0 aromatic carbocycles. The van der Waals surface area contributed by atoms with Crippen molar-refractivity contribution in [2.45, 2.75) is 51.0 Å². The number of piperazine rings is 1. The Balaban J connectivity index is 1.82. The molecule has 154 valence electrons. The fourth-order valence-electron chi connectivity index (χ4n) is 3.17. The van der Waals surface area contributed by atoms with E-state index in [2.05, 4.69) is 5.10 Å². The van der Waals surface area contributed by atoms with Crippen LogP contribution in [0.5, 0.6) is 0 Å². The zero-order chi connectivity index (χ0) is 20.7. The minimum Gasteiger partial charge on any atom is -0.459 e. The van der Waals surface area contributed by atoms with E-state index in [1.165, 1.54) is 10.6 Å². The number of hydrogen-bond donors (Lipinski definition) is 0. The fourth-order valence-corrected chi connectivity index (χ4v) is 4.93. The first-order valence-electron chi connectivity index (χ1n) is 9.44. The van der Waals surface area contributed by atoms with E-state index in [0.29, 0.717) is 18.8 Å². The molecule has 2 aromatic heterocycles. The third-order valence-corrected chi connectivity index (χ3v) is 6.71. The maximum absolute atomic E-state index is 13.3. The number of sulfonamides is 1. The van der Waals surface area contributed by atoms with Gasteiger partial charge in [-0.25, -0.2) is 8.42 Å². The van der Waals surface area contributed by atoms with Crippen LogP contribution in [0.2, 0.25) is 0 Å². The van der Waals surface area contributed by atoms with Crippen molar-refractivity contribution in [2.24, 2.45) is 0 Å². The number of hydrogen-bond acceptors (Lipinski definition) is 5. The molecule has 2 aromatic rings. The lowest BCUT2D eigenvalue weighted by Crippen LogP contribution is -2.50. The summed E-state index contributed by atoms with van der Waals surface area (Å²) in [5.41, 5.74) is 0.162. The van der Waals surface area contributed by atoms with Gasteiger partial charge in [-0.3, -0.25) is 9.48 Å². The Bertz CT molecular complexity index is 931. The molecule has 0 unspecified atom stereocenters. The minimum absolute atomic E-state index is 0.0628. The highest BCUT2D eigenvalue weighted by Crippen LogP contribution is 2.31. The molecule has 1 aliphatic rings. The monoisotopic (exact) mass is 408 g/mol. The predicted molar refractivity (Wildman–Crippen MR) is 105 cm³/mol. The van der Waals surface area contributed by atoms with Crippen LogP contribution in [-0.2, 0) is 15.4 Å². The first kappa shape index (κ1) is 20.6. The van der Waals surface area contributed by atoms with Crippen molar-refractivity contribution < 1.29 is 17.6 Å². The molecular weight excluding hydrogens is 380 g/mol. The van der Waals surface area contributed by atoms with E-state index in [9.17, 15) is 13.2 Å². The Morgan fingerprint density at radius 2 is 1.82 bits per heavy atom. The first-order valence-corrected chi connectivity index (χ1v) is 10.9. The normalized spacial score (nSPS) is 16.7. The molecule has 0 saturated carbocycles. The summed E-state index contributed by atoms with van der Waals surface area (Å²) in [6, 6.07) is 3.34. The number of carbonyl (C=O) groups is 1. The van der Waals surface area contributed by atoms with Gasteiger partial charge in [0.1, 0.15) is 4.90 Å². The van der Waals surface area contributed by atoms with Crippen molar-refractivity contribution in [1.29, 1.82) is 0 Å². The van der Waals surface area contributed by atoms with Crippen molar-refractivity contribution >= 4 is 15.9 Å². The van der Waals surface area contributed by atoms with E-state index in [1.807, 2.05) is 34.6 Å². The van der Waals surface area contributed by atoms with Crippen LogP contribution >= 0.6 is 0 Å². The van der Waals surface area contributed by atoms with Crippen LogP contribution in [-0.4, -0.2) is 59.5 Å². The molecule has 1 amide bonds. The number of aromatic nitrogens is 2. The summed E-state index contributed by atoms with van der Waals surface area (Å²) < 4.78 is 35.0. The van der Waals surface area contributed by atoms with E-state index in [-0.39, 0.29) is 35.7 Å². The molecular formula is C19H28N4O4S. The highest BCUT2D eigenvalue weighted by atomic mass is 32.2. The minimum atomic E-state index is -3.70. The Morgan fingerprint density at radius 3 is 2.32 bits per heavy atom. The number of rotatable bonds is 4. The lowest BCUT2D eigenvalue weighted by atomic mass is 9.92. The summed E-state index contributed by atoms with van der Waals surface area (Å²) in [6.07, 6.45) is 3.08. The van der Waals surface area contributed by atoms with Crippen LogP contribution in [0.1, 0.15) is 56.9 Å². The smallest absolute Gasteiger partial charge is 0.289 e. The van der Waals surface area contributed by atoms with Gasteiger partial charge in [0.05, 0.1) is 12.0 Å². The average molecular weight is 409 g/mol. The zero-order valence-corrected chi connectivity index (χ0v) is 17.9. The molecule has 1 saturated heterocycles. The standard InChI is InChI=1S/C19H28N4O4S/c1-14(2)23-13-16(17(20-23)19(3,4)5)28(25,26)22-10-8-21(9-11-22)18(24)15-7-6-12-27-15/h6-7,12-14H,8-11H2,1-5H3. The second-order valence-corrected chi connectivity index (χ2v) is 10.2. The summed E-state index contributed by atoms with van der Waals surface area (Å²) in [5.74, 6) is 0.0505. The maximum Gasteiger partial charge on any atom is 0.289 e. The van der Waals surface area contributed by atoms with Crippen molar-refractivity contribution in [3.8, 4) is 0 Å². The van der Waals surface area contributed by atoms with Crippen molar-refractivity contribution in [3.63, 3.8) is 0 Å². The van der Waals surface area contributed by atoms with Crippen LogP contribution in [0.15, 0.2) is 33.9 Å². The lowest BCUT2D eigenvalue weighted by molar-refractivity contribution is 0.0666. The van der Waals surface area contributed by atoms with Gasteiger partial charge in [-0.1, -0.05) is 20.8 Å². The third kappa shape index (κ3) is 3.86. The van der Waals surface area contributed by atoms with Gasteiger partial charge in [-0.2, -0.15) is 9.40 Å². The van der Waals surface area contributed by atoms with Crippen LogP contribution in [0.4, 0.5) is 0 Å². The molecule has 0 spiro atoms. The fraction of sp³-hybridized carbons (Fsp3) is 0.579. The van der Waals surface area contributed by atoms with Gasteiger partial charge in [-0.05, 0) is 26.0 Å². The molecule has 0 aliphatic carbocycles. The predicted octanol–water partition coefficient (Wildman–Crippen LogP) is 2.50. The summed E-state index contributed by atoms with van der Waals surface area (Å²) in [5, 5.41) is 4.55. The van der Waals surface area contributed by atoms with Gasteiger partial charge in [0, 0.05) is 43.8 Å². The summed E-state index contributed by atoms with van der Waals surface area (Å²) in [6.45, 7) is 10.9. The Labute approximate surface area is 166 Å². The molecule has 3 heterocycles. The highest BCUT2D eigenvalue weighted by Gasteiger charge is 2.36. The molecule has 1 aliphatic heterocycles. The number of nitrogens with zero attached hydrogens (tertiary/aromatic N) is 4. The van der Waals surface area contributed by atoms with E-state index in [4.69, 9.17) is 4.42 Å². The molecule has 8 nitrogen and oxygen atoms in total. The lowest BCUT2D eigenvalue weighted by Gasteiger charge is -2.33.